The van der Waals surface area contributed by atoms with Crippen LogP contribution < -0.4 is 0 Å². The van der Waals surface area contributed by atoms with Gasteiger partial charge in [-0.1, -0.05) is 23.2 Å². The average Bonchev–Trinajstić information content (AvgIpc) is 2.27. The molecule has 1 aromatic rings. The summed E-state index contributed by atoms with van der Waals surface area (Å²) in [4.78, 5) is 30.2. The first-order valence-corrected chi connectivity index (χ1v) is 5.39. The van der Waals surface area contributed by atoms with Crippen LogP contribution in [0.1, 0.15) is 17.3 Å². The van der Waals surface area contributed by atoms with Crippen molar-refractivity contribution in [2.24, 2.45) is 0 Å². The second-order valence-electron chi connectivity index (χ2n) is 3.17. The number of hydrogen-bond donors (Lipinski definition) is 1. The molecule has 1 atom stereocenters. The van der Waals surface area contributed by atoms with Gasteiger partial charge in [0.1, 0.15) is 0 Å². The fraction of sp³-hybridized carbons (Fsp3) is 0.200. The fourth-order valence-corrected chi connectivity index (χ4v) is 1.40. The summed E-state index contributed by atoms with van der Waals surface area (Å²) in [5.74, 6) is -2.19. The predicted molar refractivity (Wildman–Crippen MR) is 61.1 cm³/mol. The Morgan fingerprint density at radius 3 is 2.28 bits per heavy atom. The molecular formula is C10H8Cl2O6. The van der Waals surface area contributed by atoms with E-state index < -0.39 is 18.0 Å². The summed E-state index contributed by atoms with van der Waals surface area (Å²) in [7, 11) is 0. The molecule has 6 nitrogen and oxygen atoms in total. The molecule has 0 unspecified atom stereocenters. The Bertz CT molecular complexity index is 441. The van der Waals surface area contributed by atoms with Crippen LogP contribution in [-0.4, -0.2) is 23.1 Å². The van der Waals surface area contributed by atoms with E-state index in [1.54, 1.807) is 0 Å². The van der Waals surface area contributed by atoms with Gasteiger partial charge in [0.25, 0.3) is 0 Å². The Labute approximate surface area is 112 Å². The summed E-state index contributed by atoms with van der Waals surface area (Å²) in [5, 5.41) is 13.0. The van der Waals surface area contributed by atoms with Gasteiger partial charge in [-0.2, -0.15) is 4.89 Å². The summed E-state index contributed by atoms with van der Waals surface area (Å²) in [6, 6.07) is 4.04. The van der Waals surface area contributed by atoms with Crippen molar-refractivity contribution in [3.63, 3.8) is 0 Å². The SMILES string of the molecule is C[C@H](OOOC(=O)c1cc(Cl)cc(Cl)c1)C(=O)O. The molecule has 0 heterocycles. The van der Waals surface area contributed by atoms with Gasteiger partial charge in [0.15, 0.2) is 6.10 Å². The molecule has 1 rings (SSSR count). The molecule has 0 radical (unpaired) electrons. The molecular weight excluding hydrogens is 287 g/mol. The quantitative estimate of drug-likeness (QED) is 0.664. The summed E-state index contributed by atoms with van der Waals surface area (Å²) in [5.41, 5.74) is 0.0408. The lowest BCUT2D eigenvalue weighted by Gasteiger charge is -2.06. The van der Waals surface area contributed by atoms with E-state index in [0.29, 0.717) is 0 Å². The molecule has 0 spiro atoms. The standard InChI is InChI=1S/C10H8Cl2O6/c1-5(9(13)14)16-18-17-10(15)6-2-7(11)4-8(12)3-6/h2-5H,1H3,(H,13,14)/t5-/m0/s1. The summed E-state index contributed by atoms with van der Waals surface area (Å²) < 4.78 is 0. The molecule has 0 saturated carbocycles. The molecule has 1 aromatic carbocycles. The van der Waals surface area contributed by atoms with E-state index in [1.165, 1.54) is 25.1 Å². The Morgan fingerprint density at radius 2 is 1.78 bits per heavy atom. The predicted octanol–water partition coefficient (Wildman–Crippen LogP) is 2.49. The van der Waals surface area contributed by atoms with Crippen molar-refractivity contribution in [1.29, 1.82) is 0 Å². The van der Waals surface area contributed by atoms with Gasteiger partial charge < -0.3 is 5.11 Å². The summed E-state index contributed by atoms with van der Waals surface area (Å²) in [6.07, 6.45) is -1.28. The van der Waals surface area contributed by atoms with Crippen molar-refractivity contribution >= 4 is 35.1 Å². The van der Waals surface area contributed by atoms with E-state index in [0.717, 1.165) is 0 Å². The average molecular weight is 295 g/mol. The van der Waals surface area contributed by atoms with Crippen LogP contribution in [-0.2, 0) is 19.6 Å². The highest BCUT2D eigenvalue weighted by Crippen LogP contribution is 2.19. The maximum absolute atomic E-state index is 11.4. The van der Waals surface area contributed by atoms with E-state index in [9.17, 15) is 9.59 Å². The van der Waals surface area contributed by atoms with Crippen LogP contribution in [0.15, 0.2) is 18.2 Å². The third kappa shape index (κ3) is 4.50. The van der Waals surface area contributed by atoms with Crippen molar-refractivity contribution in [2.45, 2.75) is 13.0 Å². The van der Waals surface area contributed by atoms with Gasteiger partial charge in [0.05, 0.1) is 5.56 Å². The van der Waals surface area contributed by atoms with Crippen LogP contribution in [0, 0.1) is 0 Å². The van der Waals surface area contributed by atoms with E-state index in [2.05, 4.69) is 14.8 Å². The molecule has 0 bridgehead atoms. The monoisotopic (exact) mass is 294 g/mol. The Morgan fingerprint density at radius 1 is 1.22 bits per heavy atom. The van der Waals surface area contributed by atoms with Crippen molar-refractivity contribution in [1.82, 2.24) is 0 Å². The molecule has 1 N–H and O–H groups in total. The molecule has 0 aromatic heterocycles. The van der Waals surface area contributed by atoms with Crippen LogP contribution in [0.4, 0.5) is 0 Å². The zero-order valence-corrected chi connectivity index (χ0v) is 10.6. The van der Waals surface area contributed by atoms with Gasteiger partial charge >= 0.3 is 11.9 Å². The first kappa shape index (κ1) is 14.7. The lowest BCUT2D eigenvalue weighted by molar-refractivity contribution is -0.490. The van der Waals surface area contributed by atoms with Gasteiger partial charge in [-0.25, -0.2) is 9.59 Å². The molecule has 98 valence electrons. The van der Waals surface area contributed by atoms with E-state index >= 15 is 0 Å². The topological polar surface area (TPSA) is 82.1 Å². The maximum atomic E-state index is 11.4. The van der Waals surface area contributed by atoms with E-state index in [1.807, 2.05) is 0 Å². The minimum Gasteiger partial charge on any atom is -0.479 e. The molecule has 18 heavy (non-hydrogen) atoms. The second-order valence-corrected chi connectivity index (χ2v) is 4.05. The molecule has 0 aliphatic heterocycles. The van der Waals surface area contributed by atoms with Gasteiger partial charge in [-0.3, -0.25) is 4.89 Å². The van der Waals surface area contributed by atoms with E-state index in [-0.39, 0.29) is 15.6 Å². The minimum atomic E-state index is -1.28. The highest BCUT2D eigenvalue weighted by atomic mass is 35.5. The molecule has 0 amide bonds. The summed E-state index contributed by atoms with van der Waals surface area (Å²) in [6.45, 7) is 1.20. The number of halogens is 2. The molecule has 8 heteroatoms. The smallest absolute Gasteiger partial charge is 0.376 e. The van der Waals surface area contributed by atoms with Crippen LogP contribution in [0.5, 0.6) is 0 Å². The highest BCUT2D eigenvalue weighted by Gasteiger charge is 2.16. The Balaban J connectivity index is 2.53. The first-order valence-electron chi connectivity index (χ1n) is 4.63. The van der Waals surface area contributed by atoms with Crippen molar-refractivity contribution in [3.8, 4) is 0 Å². The lowest BCUT2D eigenvalue weighted by atomic mass is 10.2. The number of rotatable bonds is 5. The number of carboxylic acids is 1. The Kier molecular flexibility index (Phi) is 5.36. The molecule has 0 aliphatic carbocycles. The normalized spacial score (nSPS) is 11.9. The zero-order chi connectivity index (χ0) is 13.7. The maximum Gasteiger partial charge on any atom is 0.376 e. The van der Waals surface area contributed by atoms with Gasteiger partial charge in [-0.15, -0.1) is 0 Å². The number of benzene rings is 1. The highest BCUT2D eigenvalue weighted by molar-refractivity contribution is 6.35. The number of carboxylic acid groups (broad SMARTS) is 1. The van der Waals surface area contributed by atoms with Gasteiger partial charge in [0.2, 0.25) is 0 Å². The fourth-order valence-electron chi connectivity index (χ4n) is 0.870. The largest absolute Gasteiger partial charge is 0.479 e. The van der Waals surface area contributed by atoms with Crippen LogP contribution >= 0.6 is 23.2 Å². The van der Waals surface area contributed by atoms with Gasteiger partial charge in [0, 0.05) is 10.0 Å². The number of aliphatic carboxylic acids is 1. The van der Waals surface area contributed by atoms with E-state index in [4.69, 9.17) is 28.3 Å². The molecule has 0 aliphatic rings. The lowest BCUT2D eigenvalue weighted by Crippen LogP contribution is -2.21. The summed E-state index contributed by atoms with van der Waals surface area (Å²) >= 11 is 11.4. The van der Waals surface area contributed by atoms with Crippen LogP contribution in [0.3, 0.4) is 0 Å². The number of hydrogen-bond acceptors (Lipinski definition) is 5. The third-order valence-electron chi connectivity index (χ3n) is 1.74. The van der Waals surface area contributed by atoms with Crippen molar-refractivity contribution < 1.29 is 29.5 Å². The Hall–Kier alpha value is -1.34. The van der Waals surface area contributed by atoms with Crippen LogP contribution in [0.25, 0.3) is 0 Å². The van der Waals surface area contributed by atoms with Crippen LogP contribution in [0.2, 0.25) is 10.0 Å². The second kappa shape index (κ2) is 6.55. The minimum absolute atomic E-state index is 0.0408. The third-order valence-corrected chi connectivity index (χ3v) is 2.18. The number of carbonyl (C=O) groups is 2. The molecule has 0 fully saturated rings. The van der Waals surface area contributed by atoms with Crippen molar-refractivity contribution in [2.75, 3.05) is 0 Å². The van der Waals surface area contributed by atoms with Crippen molar-refractivity contribution in [3.05, 3.63) is 33.8 Å². The number of carbonyl (C=O) groups excluding carboxylic acids is 1. The van der Waals surface area contributed by atoms with Gasteiger partial charge in [-0.05, 0) is 30.2 Å². The zero-order valence-electron chi connectivity index (χ0n) is 9.05. The first-order chi connectivity index (χ1) is 8.40. The molecule has 0 saturated heterocycles.